The van der Waals surface area contributed by atoms with E-state index in [0.717, 1.165) is 0 Å². The second-order valence-corrected chi connectivity index (χ2v) is 5.04. The maximum absolute atomic E-state index is 13.2. The fourth-order valence-electron chi connectivity index (χ4n) is 2.65. The van der Waals surface area contributed by atoms with Crippen molar-refractivity contribution in [3.8, 4) is 0 Å². The number of nitrogens with zero attached hydrogens (tertiary/aromatic N) is 2. The summed E-state index contributed by atoms with van der Waals surface area (Å²) in [5.74, 6) is -0.589. The minimum atomic E-state index is -1.05. The molecule has 1 aliphatic rings. The van der Waals surface area contributed by atoms with Gasteiger partial charge in [0.25, 0.3) is 0 Å². The molecule has 0 aromatic heterocycles. The molecule has 7 heteroatoms. The van der Waals surface area contributed by atoms with Crippen LogP contribution in [0.2, 0.25) is 0 Å². The molecule has 114 valence electrons. The molecule has 3 N–H and O–H groups in total. The topological polar surface area (TPSA) is 86.9 Å². The molecule has 21 heavy (non-hydrogen) atoms. The zero-order valence-corrected chi connectivity index (χ0v) is 11.8. The Labute approximate surface area is 121 Å². The van der Waals surface area contributed by atoms with E-state index in [-0.39, 0.29) is 31.4 Å². The summed E-state index contributed by atoms with van der Waals surface area (Å²) in [6.45, 7) is 2.38. The van der Waals surface area contributed by atoms with Gasteiger partial charge in [0.1, 0.15) is 5.82 Å². The standard InChI is InChI=1S/C14H18FN3O3/c1-9-6-10(15)2-3-11(9)12-8-17(13(19)7-16)4-5-18(12)14(20)21/h2-3,6,12H,4-5,7-8,16H2,1H3,(H,20,21)/t12-/m1/s1. The van der Waals surface area contributed by atoms with Gasteiger partial charge in [0.05, 0.1) is 12.6 Å². The van der Waals surface area contributed by atoms with E-state index in [4.69, 9.17) is 5.73 Å². The molecule has 1 aromatic carbocycles. The van der Waals surface area contributed by atoms with Crippen LogP contribution in [-0.4, -0.2) is 53.1 Å². The number of nitrogens with two attached hydrogens (primary N) is 1. The maximum atomic E-state index is 13.2. The number of benzene rings is 1. The average molecular weight is 295 g/mol. The Morgan fingerprint density at radius 3 is 2.71 bits per heavy atom. The molecule has 1 atom stereocenters. The summed E-state index contributed by atoms with van der Waals surface area (Å²) < 4.78 is 13.2. The third-order valence-corrected chi connectivity index (χ3v) is 3.74. The van der Waals surface area contributed by atoms with Gasteiger partial charge in [-0.3, -0.25) is 9.69 Å². The minimum Gasteiger partial charge on any atom is -0.465 e. The van der Waals surface area contributed by atoms with Gasteiger partial charge in [-0.15, -0.1) is 0 Å². The average Bonchev–Trinajstić information content (AvgIpc) is 2.45. The summed E-state index contributed by atoms with van der Waals surface area (Å²) in [5, 5.41) is 9.32. The molecule has 0 saturated carbocycles. The Balaban J connectivity index is 2.33. The predicted octanol–water partition coefficient (Wildman–Crippen LogP) is 0.956. The van der Waals surface area contributed by atoms with Crippen LogP contribution in [0.15, 0.2) is 18.2 Å². The van der Waals surface area contributed by atoms with Crippen LogP contribution in [0.4, 0.5) is 9.18 Å². The van der Waals surface area contributed by atoms with Crippen LogP contribution in [0.25, 0.3) is 0 Å². The van der Waals surface area contributed by atoms with Gasteiger partial charge in [-0.25, -0.2) is 9.18 Å². The number of piperazine rings is 1. The van der Waals surface area contributed by atoms with Crippen LogP contribution in [0.3, 0.4) is 0 Å². The second kappa shape index (κ2) is 6.09. The van der Waals surface area contributed by atoms with Crippen molar-refractivity contribution in [1.82, 2.24) is 9.80 Å². The quantitative estimate of drug-likeness (QED) is 0.850. The van der Waals surface area contributed by atoms with E-state index in [1.54, 1.807) is 17.9 Å². The third kappa shape index (κ3) is 3.13. The number of hydrogen-bond acceptors (Lipinski definition) is 3. The highest BCUT2D eigenvalue weighted by Gasteiger charge is 2.33. The number of aryl methyl sites for hydroxylation is 1. The molecule has 1 saturated heterocycles. The van der Waals surface area contributed by atoms with Crippen LogP contribution < -0.4 is 5.73 Å². The smallest absolute Gasteiger partial charge is 0.407 e. The largest absolute Gasteiger partial charge is 0.465 e. The van der Waals surface area contributed by atoms with E-state index < -0.39 is 12.1 Å². The Morgan fingerprint density at radius 2 is 2.14 bits per heavy atom. The molecule has 1 aromatic rings. The molecule has 2 amide bonds. The lowest BCUT2D eigenvalue weighted by molar-refractivity contribution is -0.132. The molecule has 0 unspecified atom stereocenters. The molecule has 0 bridgehead atoms. The highest BCUT2D eigenvalue weighted by molar-refractivity contribution is 5.78. The van der Waals surface area contributed by atoms with E-state index in [9.17, 15) is 19.1 Å². The van der Waals surface area contributed by atoms with Crippen molar-refractivity contribution in [2.75, 3.05) is 26.2 Å². The first-order valence-electron chi connectivity index (χ1n) is 6.67. The predicted molar refractivity (Wildman–Crippen MR) is 74.2 cm³/mol. The van der Waals surface area contributed by atoms with Crippen molar-refractivity contribution in [1.29, 1.82) is 0 Å². The molecule has 0 radical (unpaired) electrons. The molecule has 1 fully saturated rings. The number of carboxylic acid groups (broad SMARTS) is 1. The lowest BCUT2D eigenvalue weighted by Gasteiger charge is -2.40. The SMILES string of the molecule is Cc1cc(F)ccc1[C@H]1CN(C(=O)CN)CCN1C(=O)O. The summed E-state index contributed by atoms with van der Waals surface area (Å²) in [6, 6.07) is 3.72. The minimum absolute atomic E-state index is 0.109. The van der Waals surface area contributed by atoms with Crippen molar-refractivity contribution in [2.45, 2.75) is 13.0 Å². The number of halogens is 1. The van der Waals surface area contributed by atoms with Crippen LogP contribution in [0.1, 0.15) is 17.2 Å². The van der Waals surface area contributed by atoms with Crippen LogP contribution in [0.5, 0.6) is 0 Å². The fourth-order valence-corrected chi connectivity index (χ4v) is 2.65. The Kier molecular flexibility index (Phi) is 4.42. The van der Waals surface area contributed by atoms with Crippen molar-refractivity contribution in [2.24, 2.45) is 5.73 Å². The second-order valence-electron chi connectivity index (χ2n) is 5.04. The third-order valence-electron chi connectivity index (χ3n) is 3.74. The zero-order chi connectivity index (χ0) is 15.6. The summed E-state index contributed by atoms with van der Waals surface area (Å²) in [5.41, 5.74) is 6.72. The zero-order valence-electron chi connectivity index (χ0n) is 11.8. The number of rotatable bonds is 2. The molecule has 6 nitrogen and oxygen atoms in total. The van der Waals surface area contributed by atoms with E-state index in [1.807, 2.05) is 0 Å². The maximum Gasteiger partial charge on any atom is 0.407 e. The van der Waals surface area contributed by atoms with Crippen molar-refractivity contribution in [3.63, 3.8) is 0 Å². The van der Waals surface area contributed by atoms with E-state index in [2.05, 4.69) is 0 Å². The summed E-state index contributed by atoms with van der Waals surface area (Å²) >= 11 is 0. The van der Waals surface area contributed by atoms with Gasteiger partial charge in [-0.1, -0.05) is 6.07 Å². The first-order chi connectivity index (χ1) is 9.93. The van der Waals surface area contributed by atoms with Crippen LogP contribution >= 0.6 is 0 Å². The molecule has 1 aliphatic heterocycles. The molecular weight excluding hydrogens is 277 g/mol. The van der Waals surface area contributed by atoms with E-state index in [0.29, 0.717) is 17.7 Å². The lowest BCUT2D eigenvalue weighted by Crippen LogP contribution is -2.53. The van der Waals surface area contributed by atoms with Crippen LogP contribution in [-0.2, 0) is 4.79 Å². The van der Waals surface area contributed by atoms with Gasteiger partial charge < -0.3 is 15.7 Å². The first-order valence-corrected chi connectivity index (χ1v) is 6.67. The summed E-state index contributed by atoms with van der Waals surface area (Å²) in [4.78, 5) is 25.9. The molecule has 1 heterocycles. The van der Waals surface area contributed by atoms with E-state index in [1.165, 1.54) is 17.0 Å². The van der Waals surface area contributed by atoms with Gasteiger partial charge in [0.2, 0.25) is 5.91 Å². The van der Waals surface area contributed by atoms with Gasteiger partial charge in [0.15, 0.2) is 0 Å². The fraction of sp³-hybridized carbons (Fsp3) is 0.429. The van der Waals surface area contributed by atoms with Gasteiger partial charge in [0, 0.05) is 19.6 Å². The van der Waals surface area contributed by atoms with Crippen molar-refractivity contribution >= 4 is 12.0 Å². The van der Waals surface area contributed by atoms with Crippen LogP contribution in [0, 0.1) is 12.7 Å². The molecular formula is C14H18FN3O3. The number of amides is 2. The molecule has 0 spiro atoms. The summed E-state index contributed by atoms with van der Waals surface area (Å²) in [6.07, 6.45) is -1.05. The summed E-state index contributed by atoms with van der Waals surface area (Å²) in [7, 11) is 0. The number of carbonyl (C=O) groups is 2. The van der Waals surface area contributed by atoms with Crippen molar-refractivity contribution < 1.29 is 19.1 Å². The first kappa shape index (κ1) is 15.2. The Bertz CT molecular complexity index is 564. The number of hydrogen-bond donors (Lipinski definition) is 2. The Morgan fingerprint density at radius 1 is 1.43 bits per heavy atom. The van der Waals surface area contributed by atoms with Gasteiger partial charge >= 0.3 is 6.09 Å². The number of carbonyl (C=O) groups excluding carboxylic acids is 1. The lowest BCUT2D eigenvalue weighted by atomic mass is 9.97. The molecule has 0 aliphatic carbocycles. The molecule has 2 rings (SSSR count). The van der Waals surface area contributed by atoms with Gasteiger partial charge in [-0.05, 0) is 30.2 Å². The van der Waals surface area contributed by atoms with Crippen molar-refractivity contribution in [3.05, 3.63) is 35.1 Å². The van der Waals surface area contributed by atoms with Gasteiger partial charge in [-0.2, -0.15) is 0 Å². The highest BCUT2D eigenvalue weighted by Crippen LogP contribution is 2.28. The Hall–Kier alpha value is -2.15. The highest BCUT2D eigenvalue weighted by atomic mass is 19.1. The normalized spacial score (nSPS) is 18.7. The van der Waals surface area contributed by atoms with E-state index >= 15 is 0 Å². The monoisotopic (exact) mass is 295 g/mol.